The average molecular weight is 562 g/mol. The number of aliphatic carboxylic acids is 1. The number of carboxylic acid groups (broad SMARTS) is 1. The van der Waals surface area contributed by atoms with Crippen LogP contribution in [0.1, 0.15) is 108 Å². The van der Waals surface area contributed by atoms with Crippen LogP contribution in [0, 0.1) is 0 Å². The van der Waals surface area contributed by atoms with E-state index in [1.807, 2.05) is 30.3 Å². The number of unbranched alkanes of at least 4 members (excludes halogenated alkanes) is 2. The van der Waals surface area contributed by atoms with Crippen LogP contribution in [0.25, 0.3) is 5.32 Å². The van der Waals surface area contributed by atoms with Crippen molar-refractivity contribution in [1.82, 2.24) is 0 Å². The SMILES string of the molecule is CCCCCC(CC(=O)[N-]c1cc(C(C)OC(=O)CCC(=O)O)ccc1C(C)(C)C)c1cccc2c1OCO2.[Na+]. The molecule has 2 unspecified atom stereocenters. The zero-order valence-electron chi connectivity index (χ0n) is 24.6. The van der Waals surface area contributed by atoms with Gasteiger partial charge in [0.15, 0.2) is 11.5 Å². The standard InChI is InChI=1S/C31H41NO7.Na/c1-6-7-8-10-22(23-11-9-12-26-30(23)38-19-37-26)18-27(33)32-25-17-21(13-14-24(25)31(3,4)5)20(2)39-29(36)16-15-28(34)35;/h9,11-14,17,20,22H,6-8,10,15-16,18-19H2,1-5H3,(H2,32,33,34,35);/q;+1/p-1. The monoisotopic (exact) mass is 561 g/mol. The number of carboxylic acids is 1. The van der Waals surface area contributed by atoms with Crippen molar-refractivity contribution in [2.24, 2.45) is 0 Å². The minimum atomic E-state index is -1.05. The molecular weight excluding hydrogens is 521 g/mol. The van der Waals surface area contributed by atoms with E-state index >= 15 is 0 Å². The largest absolute Gasteiger partial charge is 1.00 e. The topological polar surface area (TPSA) is 113 Å². The van der Waals surface area contributed by atoms with Crippen LogP contribution < -0.4 is 39.0 Å². The van der Waals surface area contributed by atoms with E-state index in [1.54, 1.807) is 13.0 Å². The number of rotatable bonds is 13. The molecule has 1 amide bonds. The first-order chi connectivity index (χ1) is 18.5. The van der Waals surface area contributed by atoms with Crippen molar-refractivity contribution in [2.75, 3.05) is 6.79 Å². The summed E-state index contributed by atoms with van der Waals surface area (Å²) in [4.78, 5) is 36.3. The number of esters is 1. The zero-order chi connectivity index (χ0) is 28.6. The van der Waals surface area contributed by atoms with Crippen LogP contribution in [0.4, 0.5) is 5.69 Å². The molecule has 8 nitrogen and oxygen atoms in total. The van der Waals surface area contributed by atoms with Crippen molar-refractivity contribution < 1.29 is 63.3 Å². The molecule has 3 rings (SSSR count). The van der Waals surface area contributed by atoms with Crippen LogP contribution in [-0.2, 0) is 24.5 Å². The van der Waals surface area contributed by atoms with Gasteiger partial charge in [-0.25, -0.2) is 0 Å². The second-order valence-electron chi connectivity index (χ2n) is 11.0. The molecular formula is C31H40NNaO7. The molecule has 2 aromatic carbocycles. The third-order valence-electron chi connectivity index (χ3n) is 6.84. The van der Waals surface area contributed by atoms with E-state index in [-0.39, 0.29) is 72.9 Å². The van der Waals surface area contributed by atoms with Gasteiger partial charge in [-0.05, 0) is 42.7 Å². The Morgan fingerprint density at radius 1 is 1.07 bits per heavy atom. The minimum absolute atomic E-state index is 0. The van der Waals surface area contributed by atoms with Gasteiger partial charge in [-0.3, -0.25) is 9.59 Å². The molecule has 0 aromatic heterocycles. The number of para-hydroxylation sites is 1. The van der Waals surface area contributed by atoms with Crippen molar-refractivity contribution >= 4 is 23.5 Å². The fourth-order valence-corrected chi connectivity index (χ4v) is 4.73. The third kappa shape index (κ3) is 9.53. The van der Waals surface area contributed by atoms with Crippen LogP contribution in [0.5, 0.6) is 11.5 Å². The normalized spacial score (nSPS) is 13.6. The number of nitrogens with zero attached hydrogens (tertiary/aromatic N) is 1. The van der Waals surface area contributed by atoms with Gasteiger partial charge in [-0.1, -0.05) is 82.9 Å². The minimum Gasteiger partial charge on any atom is -0.627 e. The zero-order valence-corrected chi connectivity index (χ0v) is 26.6. The summed E-state index contributed by atoms with van der Waals surface area (Å²) in [5.41, 5.74) is 2.83. The summed E-state index contributed by atoms with van der Waals surface area (Å²) in [5.74, 6) is -0.520. The number of fused-ring (bicyclic) bond motifs is 1. The van der Waals surface area contributed by atoms with Gasteiger partial charge in [0, 0.05) is 5.56 Å². The smallest absolute Gasteiger partial charge is 0.627 e. The van der Waals surface area contributed by atoms with Crippen molar-refractivity contribution in [1.29, 1.82) is 0 Å². The van der Waals surface area contributed by atoms with E-state index in [0.29, 0.717) is 22.7 Å². The van der Waals surface area contributed by atoms with E-state index in [9.17, 15) is 14.4 Å². The van der Waals surface area contributed by atoms with Gasteiger partial charge < -0.3 is 29.4 Å². The van der Waals surface area contributed by atoms with Gasteiger partial charge in [-0.2, -0.15) is 0 Å². The molecule has 2 aromatic rings. The van der Waals surface area contributed by atoms with Gasteiger partial charge >= 0.3 is 41.5 Å². The molecule has 212 valence electrons. The molecule has 9 heteroatoms. The molecule has 2 atom stereocenters. The summed E-state index contributed by atoms with van der Waals surface area (Å²) in [6.07, 6.45) is 3.12. The average Bonchev–Trinajstić information content (AvgIpc) is 3.35. The summed E-state index contributed by atoms with van der Waals surface area (Å²) in [7, 11) is 0. The molecule has 0 radical (unpaired) electrons. The molecule has 0 spiro atoms. The van der Waals surface area contributed by atoms with Crippen LogP contribution in [0.3, 0.4) is 0 Å². The maximum Gasteiger partial charge on any atom is 1.00 e. The van der Waals surface area contributed by atoms with Gasteiger partial charge in [0.05, 0.1) is 18.7 Å². The van der Waals surface area contributed by atoms with Crippen molar-refractivity contribution in [3.8, 4) is 11.5 Å². The Kier molecular flexibility index (Phi) is 13.0. The number of amides is 1. The number of hydrogen-bond donors (Lipinski definition) is 1. The summed E-state index contributed by atoms with van der Waals surface area (Å²) >= 11 is 0. The predicted octanol–water partition coefficient (Wildman–Crippen LogP) is 4.47. The fraction of sp³-hybridized carbons (Fsp3) is 0.516. The Morgan fingerprint density at radius 3 is 2.50 bits per heavy atom. The fourth-order valence-electron chi connectivity index (χ4n) is 4.73. The number of ether oxygens (including phenoxy) is 3. The summed E-state index contributed by atoms with van der Waals surface area (Å²) < 4.78 is 16.7. The molecule has 0 fully saturated rings. The quantitative estimate of drug-likeness (QED) is 0.218. The second-order valence-corrected chi connectivity index (χ2v) is 11.0. The molecule has 1 aliphatic heterocycles. The molecule has 40 heavy (non-hydrogen) atoms. The molecule has 0 bridgehead atoms. The van der Waals surface area contributed by atoms with Gasteiger partial charge in [0.2, 0.25) is 6.79 Å². The number of carbonyl (C=O) groups excluding carboxylic acids is 2. The van der Waals surface area contributed by atoms with Gasteiger partial charge in [0.25, 0.3) is 0 Å². The molecule has 0 aliphatic carbocycles. The maximum absolute atomic E-state index is 13.4. The van der Waals surface area contributed by atoms with Gasteiger partial charge in [-0.15, -0.1) is 5.69 Å². The molecule has 1 aliphatic rings. The van der Waals surface area contributed by atoms with Crippen molar-refractivity contribution in [2.45, 2.75) is 97.0 Å². The maximum atomic E-state index is 13.4. The van der Waals surface area contributed by atoms with E-state index in [2.05, 4.69) is 33.0 Å². The Bertz CT molecular complexity index is 1170. The molecule has 1 N–H and O–H groups in total. The summed E-state index contributed by atoms with van der Waals surface area (Å²) in [6.45, 7) is 10.2. The Labute approximate surface area is 259 Å². The van der Waals surface area contributed by atoms with E-state index in [0.717, 1.165) is 36.8 Å². The van der Waals surface area contributed by atoms with E-state index in [4.69, 9.17) is 19.3 Å². The first-order valence-corrected chi connectivity index (χ1v) is 13.7. The van der Waals surface area contributed by atoms with E-state index in [1.165, 1.54) is 0 Å². The van der Waals surface area contributed by atoms with Crippen LogP contribution in [0.2, 0.25) is 0 Å². The van der Waals surface area contributed by atoms with Crippen molar-refractivity contribution in [3.05, 3.63) is 58.4 Å². The molecule has 1 heterocycles. The number of carbonyl (C=O) groups is 3. The number of benzene rings is 2. The number of hydrogen-bond acceptors (Lipinski definition) is 6. The van der Waals surface area contributed by atoms with E-state index < -0.39 is 18.0 Å². The Hall–Kier alpha value is -2.55. The van der Waals surface area contributed by atoms with Gasteiger partial charge in [0.1, 0.15) is 6.10 Å². The first-order valence-electron chi connectivity index (χ1n) is 13.7. The Balaban J connectivity index is 0.00000560. The summed E-state index contributed by atoms with van der Waals surface area (Å²) in [6, 6.07) is 11.4. The first kappa shape index (κ1) is 33.7. The van der Waals surface area contributed by atoms with Crippen LogP contribution in [0.15, 0.2) is 36.4 Å². The third-order valence-corrected chi connectivity index (χ3v) is 6.84. The second kappa shape index (κ2) is 15.5. The van der Waals surface area contributed by atoms with Crippen molar-refractivity contribution in [3.63, 3.8) is 0 Å². The Morgan fingerprint density at radius 2 is 1.82 bits per heavy atom. The molecule has 0 saturated carbocycles. The van der Waals surface area contributed by atoms with Crippen LogP contribution in [-0.4, -0.2) is 29.7 Å². The molecule has 0 saturated heterocycles. The van der Waals surface area contributed by atoms with Crippen LogP contribution >= 0.6 is 0 Å². The summed E-state index contributed by atoms with van der Waals surface area (Å²) in [5, 5.41) is 13.4. The predicted molar refractivity (Wildman–Crippen MR) is 149 cm³/mol.